The van der Waals surface area contributed by atoms with Crippen LogP contribution in [0, 0.1) is 0 Å². The van der Waals surface area contributed by atoms with Gasteiger partial charge >= 0.3 is 5.97 Å². The van der Waals surface area contributed by atoms with Gasteiger partial charge in [0.15, 0.2) is 0 Å². The molecule has 5 rings (SSSR count). The lowest BCUT2D eigenvalue weighted by molar-refractivity contribution is 0.0690. The number of ether oxygens (including phenoxy) is 1. The van der Waals surface area contributed by atoms with Crippen molar-refractivity contribution in [3.05, 3.63) is 149 Å². The molecule has 1 N–H and O–H groups in total. The predicted molar refractivity (Wildman–Crippen MR) is 152 cm³/mol. The van der Waals surface area contributed by atoms with Crippen molar-refractivity contribution in [2.45, 2.75) is 12.6 Å². The summed E-state index contributed by atoms with van der Waals surface area (Å²) in [6.07, 6.45) is 0. The van der Waals surface area contributed by atoms with Crippen LogP contribution < -0.4 is 4.74 Å². The normalized spacial score (nSPS) is 11.1. The highest BCUT2D eigenvalue weighted by molar-refractivity contribution is 6.32. The van der Waals surface area contributed by atoms with Gasteiger partial charge in [0.05, 0.1) is 10.7 Å². The van der Waals surface area contributed by atoms with Gasteiger partial charge < -0.3 is 9.84 Å². The summed E-state index contributed by atoms with van der Waals surface area (Å²) in [6, 6.07) is 37.4. The van der Waals surface area contributed by atoms with Gasteiger partial charge in [0.2, 0.25) is 0 Å². The smallest absolute Gasteiger partial charge is 0.354 e. The van der Waals surface area contributed by atoms with Gasteiger partial charge in [-0.15, -0.1) is 0 Å². The van der Waals surface area contributed by atoms with E-state index in [0.717, 1.165) is 16.7 Å². The summed E-state index contributed by atoms with van der Waals surface area (Å²) in [5.41, 5.74) is 4.24. The van der Waals surface area contributed by atoms with Crippen LogP contribution in [0.3, 0.4) is 0 Å². The molecule has 5 aromatic rings. The number of rotatable bonds is 9. The summed E-state index contributed by atoms with van der Waals surface area (Å²) >= 11 is 6.43. The number of nitrogens with zero attached hydrogens (tertiary/aromatic N) is 3. The lowest BCUT2D eigenvalue weighted by Gasteiger charge is -2.13. The average molecular weight is 534 g/mol. The third-order valence-corrected chi connectivity index (χ3v) is 6.36. The third-order valence-electron chi connectivity index (χ3n) is 6.05. The first-order valence-electron chi connectivity index (χ1n) is 12.3. The molecule has 0 unspecified atom stereocenters. The van der Waals surface area contributed by atoms with Crippen molar-refractivity contribution >= 4 is 23.3 Å². The predicted octanol–water partition coefficient (Wildman–Crippen LogP) is 8.55. The molecule has 0 spiro atoms. The fraction of sp³-hybridized carbons (Fsp3) is 0.0625. The van der Waals surface area contributed by atoms with E-state index in [1.165, 1.54) is 6.07 Å². The molecule has 1 aromatic heterocycles. The Morgan fingerprint density at radius 1 is 0.821 bits per heavy atom. The minimum atomic E-state index is -1.14. The number of aromatic nitrogens is 1. The van der Waals surface area contributed by atoms with Crippen molar-refractivity contribution in [3.8, 4) is 17.0 Å². The van der Waals surface area contributed by atoms with E-state index in [0.29, 0.717) is 34.3 Å². The number of halogens is 1. The minimum absolute atomic E-state index is 0.103. The van der Waals surface area contributed by atoms with Gasteiger partial charge in [-0.05, 0) is 41.0 Å². The zero-order valence-corrected chi connectivity index (χ0v) is 21.6. The number of aromatic carboxylic acids is 1. The van der Waals surface area contributed by atoms with Gasteiger partial charge in [-0.1, -0.05) is 109 Å². The van der Waals surface area contributed by atoms with Gasteiger partial charge in [-0.2, -0.15) is 10.2 Å². The van der Waals surface area contributed by atoms with Crippen molar-refractivity contribution in [1.29, 1.82) is 0 Å². The molecular formula is C32H24ClN3O3. The van der Waals surface area contributed by atoms with Gasteiger partial charge in [0.25, 0.3) is 0 Å². The number of carbonyl (C=O) groups is 1. The topological polar surface area (TPSA) is 84.1 Å². The van der Waals surface area contributed by atoms with Crippen LogP contribution in [-0.2, 0) is 6.61 Å². The second-order valence-corrected chi connectivity index (χ2v) is 9.14. The summed E-state index contributed by atoms with van der Waals surface area (Å²) in [4.78, 5) is 16.2. The molecule has 0 saturated heterocycles. The number of azo groups is 1. The van der Waals surface area contributed by atoms with Gasteiger partial charge in [0.1, 0.15) is 29.8 Å². The SMILES string of the molecule is O=C(O)c1ccc(N=NC(c2ccccc2)c2ccccc2)c(-c2ccc(Cl)c(OCc3ccccc3)c2)n1. The minimum Gasteiger partial charge on any atom is -0.487 e. The molecule has 0 saturated carbocycles. The molecule has 6 nitrogen and oxygen atoms in total. The summed E-state index contributed by atoms with van der Waals surface area (Å²) in [6.45, 7) is 0.328. The Labute approximate surface area is 231 Å². The van der Waals surface area contributed by atoms with Crippen LogP contribution in [0.25, 0.3) is 11.3 Å². The number of benzene rings is 4. The largest absolute Gasteiger partial charge is 0.487 e. The summed E-state index contributed by atoms with van der Waals surface area (Å²) in [5, 5.41) is 19.3. The zero-order chi connectivity index (χ0) is 27.0. The molecule has 0 aliphatic carbocycles. The Morgan fingerprint density at radius 3 is 2.05 bits per heavy atom. The van der Waals surface area contributed by atoms with Gasteiger partial charge in [-0.25, -0.2) is 9.78 Å². The molecule has 7 heteroatoms. The molecule has 1 heterocycles. The van der Waals surface area contributed by atoms with Crippen molar-refractivity contribution in [2.75, 3.05) is 0 Å². The lowest BCUT2D eigenvalue weighted by Crippen LogP contribution is -2.02. The number of hydrogen-bond donors (Lipinski definition) is 1. The standard InChI is InChI=1S/C32H24ClN3O3/c33-26-17-16-25(20-29(26)39-21-22-10-4-1-5-11-22)31-27(18-19-28(34-31)32(37)38)35-36-30(23-12-6-2-7-13-23)24-14-8-3-9-15-24/h1-20,30H,21H2,(H,37,38). The molecule has 192 valence electrons. The molecule has 0 aliphatic heterocycles. The fourth-order valence-corrected chi connectivity index (χ4v) is 4.25. The number of pyridine rings is 1. The third kappa shape index (κ3) is 6.37. The highest BCUT2D eigenvalue weighted by atomic mass is 35.5. The van der Waals surface area contributed by atoms with E-state index in [9.17, 15) is 9.90 Å². The van der Waals surface area contributed by atoms with Gasteiger partial charge in [0, 0.05) is 5.56 Å². The maximum absolute atomic E-state index is 11.7. The highest BCUT2D eigenvalue weighted by Crippen LogP contribution is 2.36. The van der Waals surface area contributed by atoms with Gasteiger partial charge in [-0.3, -0.25) is 0 Å². The van der Waals surface area contributed by atoms with Crippen molar-refractivity contribution in [2.24, 2.45) is 10.2 Å². The molecule has 0 fully saturated rings. The number of hydrogen-bond acceptors (Lipinski definition) is 5. The van der Waals surface area contributed by atoms with E-state index < -0.39 is 5.97 Å². The first-order valence-corrected chi connectivity index (χ1v) is 12.7. The van der Waals surface area contributed by atoms with Crippen molar-refractivity contribution in [1.82, 2.24) is 4.98 Å². The quantitative estimate of drug-likeness (QED) is 0.192. The lowest BCUT2D eigenvalue weighted by atomic mass is 10.00. The van der Waals surface area contributed by atoms with Crippen LogP contribution in [0.2, 0.25) is 5.02 Å². The summed E-state index contributed by atoms with van der Waals surface area (Å²) in [5.74, 6) is -0.685. The molecule has 0 aliphatic rings. The Hall–Kier alpha value is -4.81. The van der Waals surface area contributed by atoms with Crippen LogP contribution in [0.1, 0.15) is 33.2 Å². The fourth-order valence-electron chi connectivity index (χ4n) is 4.08. The Bertz CT molecular complexity index is 1550. The zero-order valence-electron chi connectivity index (χ0n) is 20.8. The average Bonchev–Trinajstić information content (AvgIpc) is 2.98. The second kappa shape index (κ2) is 12.2. The second-order valence-electron chi connectivity index (χ2n) is 8.73. The summed E-state index contributed by atoms with van der Waals surface area (Å²) in [7, 11) is 0. The highest BCUT2D eigenvalue weighted by Gasteiger charge is 2.17. The van der Waals surface area contributed by atoms with E-state index in [1.54, 1.807) is 24.3 Å². The van der Waals surface area contributed by atoms with E-state index in [1.807, 2.05) is 91.0 Å². The van der Waals surface area contributed by atoms with E-state index >= 15 is 0 Å². The van der Waals surface area contributed by atoms with Crippen molar-refractivity contribution in [3.63, 3.8) is 0 Å². The first kappa shape index (κ1) is 25.8. The molecule has 0 amide bonds. The Balaban J connectivity index is 1.53. The molecule has 39 heavy (non-hydrogen) atoms. The van der Waals surface area contributed by atoms with E-state index in [2.05, 4.69) is 10.1 Å². The summed E-state index contributed by atoms with van der Waals surface area (Å²) < 4.78 is 5.99. The Morgan fingerprint density at radius 2 is 1.44 bits per heavy atom. The first-order chi connectivity index (χ1) is 19.1. The maximum atomic E-state index is 11.7. The molecule has 0 radical (unpaired) electrons. The Kier molecular flexibility index (Phi) is 8.05. The van der Waals surface area contributed by atoms with Crippen LogP contribution in [-0.4, -0.2) is 16.1 Å². The molecule has 4 aromatic carbocycles. The monoisotopic (exact) mass is 533 g/mol. The van der Waals surface area contributed by atoms with Crippen LogP contribution in [0.4, 0.5) is 5.69 Å². The molecule has 0 bridgehead atoms. The molecule has 0 atom stereocenters. The number of carboxylic acid groups (broad SMARTS) is 1. The van der Waals surface area contributed by atoms with Crippen LogP contribution in [0.15, 0.2) is 132 Å². The van der Waals surface area contributed by atoms with Crippen LogP contribution >= 0.6 is 11.6 Å². The van der Waals surface area contributed by atoms with Crippen molar-refractivity contribution < 1.29 is 14.6 Å². The maximum Gasteiger partial charge on any atom is 0.354 e. The number of carboxylic acids is 1. The van der Waals surface area contributed by atoms with E-state index in [4.69, 9.17) is 21.5 Å². The molecular weight excluding hydrogens is 510 g/mol. The van der Waals surface area contributed by atoms with Crippen LogP contribution in [0.5, 0.6) is 5.75 Å². The van der Waals surface area contributed by atoms with E-state index in [-0.39, 0.29) is 11.7 Å².